The van der Waals surface area contributed by atoms with Crippen molar-refractivity contribution >= 4 is 27.5 Å². The lowest BCUT2D eigenvalue weighted by molar-refractivity contribution is -0.141. The lowest BCUT2D eigenvalue weighted by atomic mass is 9.95. The molecule has 40 heavy (non-hydrogen) atoms. The number of hydrogen-bond donors (Lipinski definition) is 1. The Balaban J connectivity index is 1.77. The number of ether oxygens (including phenoxy) is 1. The van der Waals surface area contributed by atoms with E-state index in [-0.39, 0.29) is 49.6 Å². The van der Waals surface area contributed by atoms with Gasteiger partial charge in [0.15, 0.2) is 0 Å². The highest BCUT2D eigenvalue weighted by molar-refractivity contribution is 7.92. The molecule has 0 spiro atoms. The highest BCUT2D eigenvalue weighted by Gasteiger charge is 2.30. The number of nitrogens with zero attached hydrogens (tertiary/aromatic N) is 2. The third-order valence-electron chi connectivity index (χ3n) is 7.19. The SMILES string of the molecule is CCOc1ccccc1N(CCCC(=O)N(Cc1ccc(F)cc1)C(CC)C(=O)NC1CCCCC1)S(C)(=O)=O. The number of hydrogen-bond acceptors (Lipinski definition) is 5. The number of amides is 2. The molecular formula is C30H42FN3O5S. The number of halogens is 1. The fourth-order valence-corrected chi connectivity index (χ4v) is 6.14. The van der Waals surface area contributed by atoms with Crippen molar-refractivity contribution in [3.05, 3.63) is 59.9 Å². The minimum Gasteiger partial charge on any atom is -0.492 e. The summed E-state index contributed by atoms with van der Waals surface area (Å²) in [6.07, 6.45) is 7.00. The van der Waals surface area contributed by atoms with Gasteiger partial charge in [0.1, 0.15) is 17.6 Å². The molecule has 0 radical (unpaired) electrons. The van der Waals surface area contributed by atoms with Crippen molar-refractivity contribution in [2.75, 3.05) is 23.7 Å². The van der Waals surface area contributed by atoms with E-state index in [0.29, 0.717) is 30.0 Å². The van der Waals surface area contributed by atoms with Gasteiger partial charge in [-0.15, -0.1) is 0 Å². The third kappa shape index (κ3) is 8.94. The summed E-state index contributed by atoms with van der Waals surface area (Å²) in [5, 5.41) is 3.14. The van der Waals surface area contributed by atoms with Gasteiger partial charge in [0.25, 0.3) is 0 Å². The van der Waals surface area contributed by atoms with Crippen LogP contribution in [0.5, 0.6) is 5.75 Å². The summed E-state index contributed by atoms with van der Waals surface area (Å²) < 4.78 is 45.8. The van der Waals surface area contributed by atoms with Crippen LogP contribution in [0.4, 0.5) is 10.1 Å². The summed E-state index contributed by atoms with van der Waals surface area (Å²) in [7, 11) is -3.65. The van der Waals surface area contributed by atoms with Gasteiger partial charge in [0, 0.05) is 25.6 Å². The number of sulfonamides is 1. The number of rotatable bonds is 14. The number of para-hydroxylation sites is 2. The van der Waals surface area contributed by atoms with Gasteiger partial charge in [-0.1, -0.05) is 50.5 Å². The maximum Gasteiger partial charge on any atom is 0.243 e. The Labute approximate surface area is 237 Å². The smallest absolute Gasteiger partial charge is 0.243 e. The van der Waals surface area contributed by atoms with Gasteiger partial charge < -0.3 is 15.0 Å². The topological polar surface area (TPSA) is 96.0 Å². The molecule has 220 valence electrons. The highest BCUT2D eigenvalue weighted by atomic mass is 32.2. The van der Waals surface area contributed by atoms with E-state index in [1.165, 1.54) is 16.4 Å². The number of carbonyl (C=O) groups excluding carboxylic acids is 2. The van der Waals surface area contributed by atoms with Crippen LogP contribution in [0.25, 0.3) is 0 Å². The van der Waals surface area contributed by atoms with E-state index in [9.17, 15) is 22.4 Å². The Morgan fingerprint density at radius 1 is 1.05 bits per heavy atom. The van der Waals surface area contributed by atoms with Crippen LogP contribution in [0.3, 0.4) is 0 Å². The van der Waals surface area contributed by atoms with E-state index in [1.54, 1.807) is 41.3 Å². The van der Waals surface area contributed by atoms with Crippen LogP contribution >= 0.6 is 0 Å². The molecule has 1 N–H and O–H groups in total. The van der Waals surface area contributed by atoms with Crippen LogP contribution in [0, 0.1) is 5.82 Å². The van der Waals surface area contributed by atoms with Gasteiger partial charge in [-0.2, -0.15) is 0 Å². The summed E-state index contributed by atoms with van der Waals surface area (Å²) in [6, 6.07) is 12.2. The quantitative estimate of drug-likeness (QED) is 0.341. The Morgan fingerprint density at radius 2 is 1.73 bits per heavy atom. The van der Waals surface area contributed by atoms with E-state index >= 15 is 0 Å². The second kappa shape index (κ2) is 15.0. The molecular weight excluding hydrogens is 533 g/mol. The van der Waals surface area contributed by atoms with Gasteiger partial charge in [-0.25, -0.2) is 12.8 Å². The largest absolute Gasteiger partial charge is 0.492 e. The number of anilines is 1. The first-order valence-electron chi connectivity index (χ1n) is 14.2. The minimum absolute atomic E-state index is 0.0389. The van der Waals surface area contributed by atoms with E-state index in [2.05, 4.69) is 5.32 Å². The molecule has 0 heterocycles. The predicted octanol–water partition coefficient (Wildman–Crippen LogP) is 5.03. The minimum atomic E-state index is -3.65. The average molecular weight is 576 g/mol. The van der Waals surface area contributed by atoms with Crippen molar-refractivity contribution in [3.8, 4) is 5.75 Å². The van der Waals surface area contributed by atoms with Crippen LogP contribution in [0.1, 0.15) is 70.8 Å². The van der Waals surface area contributed by atoms with Gasteiger partial charge in [0.05, 0.1) is 18.6 Å². The summed E-state index contributed by atoms with van der Waals surface area (Å²) >= 11 is 0. The molecule has 0 bridgehead atoms. The first kappa shape index (κ1) is 31.4. The molecule has 1 fully saturated rings. The van der Waals surface area contributed by atoms with E-state index in [0.717, 1.165) is 38.4 Å². The standard InChI is InChI=1S/C30H42FN3O5S/c1-4-26(30(36)32-25-12-7-6-8-13-25)33(22-23-17-19-24(31)20-18-23)29(35)16-11-21-34(40(3,37)38)27-14-9-10-15-28(27)39-5-2/h9-10,14-15,17-20,25-26H,4-8,11-13,16,21-22H2,1-3H3,(H,32,36). The molecule has 2 aromatic rings. The van der Waals surface area contributed by atoms with E-state index in [4.69, 9.17) is 4.74 Å². The van der Waals surface area contributed by atoms with Gasteiger partial charge in [0.2, 0.25) is 21.8 Å². The van der Waals surface area contributed by atoms with Crippen LogP contribution in [-0.2, 0) is 26.2 Å². The molecule has 1 atom stereocenters. The summed E-state index contributed by atoms with van der Waals surface area (Å²) in [4.78, 5) is 28.5. The van der Waals surface area contributed by atoms with E-state index < -0.39 is 16.1 Å². The molecule has 2 aromatic carbocycles. The summed E-state index contributed by atoms with van der Waals surface area (Å²) in [5.41, 5.74) is 1.13. The van der Waals surface area contributed by atoms with Crippen molar-refractivity contribution in [2.45, 2.75) is 83.8 Å². The molecule has 10 heteroatoms. The zero-order valence-electron chi connectivity index (χ0n) is 23.8. The molecule has 0 saturated heterocycles. The van der Waals surface area contributed by atoms with E-state index in [1.807, 2.05) is 13.8 Å². The van der Waals surface area contributed by atoms with Crippen molar-refractivity contribution in [1.29, 1.82) is 0 Å². The molecule has 1 saturated carbocycles. The maximum atomic E-state index is 13.6. The summed E-state index contributed by atoms with van der Waals surface area (Å²) in [6.45, 7) is 4.30. The fraction of sp³-hybridized carbons (Fsp3) is 0.533. The molecule has 1 unspecified atom stereocenters. The number of carbonyl (C=O) groups is 2. The third-order valence-corrected chi connectivity index (χ3v) is 8.37. The highest BCUT2D eigenvalue weighted by Crippen LogP contribution is 2.30. The van der Waals surface area contributed by atoms with Gasteiger partial charge >= 0.3 is 0 Å². The number of benzene rings is 2. The second-order valence-electron chi connectivity index (χ2n) is 10.3. The van der Waals surface area contributed by atoms with Crippen molar-refractivity contribution in [1.82, 2.24) is 10.2 Å². The maximum absolute atomic E-state index is 13.6. The Hall–Kier alpha value is -3.14. The van der Waals surface area contributed by atoms with Crippen LogP contribution in [-0.4, -0.2) is 56.6 Å². The lowest BCUT2D eigenvalue weighted by Crippen LogP contribution is -2.51. The Bertz CT molecular complexity index is 1220. The summed E-state index contributed by atoms with van der Waals surface area (Å²) in [5.74, 6) is -0.378. The van der Waals surface area contributed by atoms with Crippen LogP contribution < -0.4 is 14.4 Å². The fourth-order valence-electron chi connectivity index (χ4n) is 5.17. The molecule has 3 rings (SSSR count). The van der Waals surface area contributed by atoms with Crippen LogP contribution in [0.2, 0.25) is 0 Å². The van der Waals surface area contributed by atoms with Gasteiger partial charge in [-0.05, 0) is 62.4 Å². The predicted molar refractivity (Wildman–Crippen MR) is 155 cm³/mol. The van der Waals surface area contributed by atoms with Gasteiger partial charge in [-0.3, -0.25) is 13.9 Å². The zero-order chi connectivity index (χ0) is 29.1. The molecule has 0 aliphatic heterocycles. The number of nitrogens with one attached hydrogen (secondary N) is 1. The molecule has 1 aliphatic rings. The zero-order valence-corrected chi connectivity index (χ0v) is 24.6. The van der Waals surface area contributed by atoms with Crippen molar-refractivity contribution in [3.63, 3.8) is 0 Å². The molecule has 0 aromatic heterocycles. The molecule has 2 amide bonds. The Kier molecular flexibility index (Phi) is 11.8. The lowest BCUT2D eigenvalue weighted by Gasteiger charge is -2.33. The Morgan fingerprint density at radius 3 is 2.35 bits per heavy atom. The molecule has 1 aliphatic carbocycles. The first-order valence-corrected chi connectivity index (χ1v) is 16.0. The second-order valence-corrected chi connectivity index (χ2v) is 12.2. The normalized spacial score (nSPS) is 14.8. The van der Waals surface area contributed by atoms with Crippen molar-refractivity contribution < 1.29 is 27.1 Å². The molecule has 8 nitrogen and oxygen atoms in total. The average Bonchev–Trinajstić information content (AvgIpc) is 2.92. The monoisotopic (exact) mass is 575 g/mol. The van der Waals surface area contributed by atoms with Crippen LogP contribution in [0.15, 0.2) is 48.5 Å². The van der Waals surface area contributed by atoms with Crippen molar-refractivity contribution in [2.24, 2.45) is 0 Å². The first-order chi connectivity index (χ1) is 19.1.